The number of hydrogen-bond donors (Lipinski definition) is 0. The summed E-state index contributed by atoms with van der Waals surface area (Å²) in [4.78, 5) is 0. The molecule has 0 spiro atoms. The SMILES string of the molecule is C/C(=C/CB1OC(C)(C)C(C)(C)O1)[Si](C)(C)c1ccccc1. The van der Waals surface area contributed by atoms with Gasteiger partial charge in [-0.05, 0) is 34.6 Å². The van der Waals surface area contributed by atoms with E-state index in [9.17, 15) is 0 Å². The van der Waals surface area contributed by atoms with Crippen molar-refractivity contribution < 1.29 is 9.31 Å². The van der Waals surface area contributed by atoms with E-state index in [-0.39, 0.29) is 18.3 Å². The molecule has 0 amide bonds. The molecule has 0 atom stereocenters. The molecule has 1 fully saturated rings. The second-order valence-corrected chi connectivity index (χ2v) is 12.4. The van der Waals surface area contributed by atoms with Gasteiger partial charge in [0.05, 0.1) is 11.2 Å². The Labute approximate surface area is 137 Å². The Hall–Kier alpha value is -0.838. The molecule has 1 saturated heterocycles. The third kappa shape index (κ3) is 3.39. The first-order valence-electron chi connectivity index (χ1n) is 8.15. The highest BCUT2D eigenvalue weighted by Crippen LogP contribution is 2.37. The third-order valence-corrected chi connectivity index (χ3v) is 9.35. The predicted molar refractivity (Wildman–Crippen MR) is 98.2 cm³/mol. The summed E-state index contributed by atoms with van der Waals surface area (Å²) in [5, 5.41) is 2.95. The Bertz CT molecular complexity index is 533. The van der Waals surface area contributed by atoms with Crippen LogP contribution >= 0.6 is 0 Å². The fourth-order valence-corrected chi connectivity index (χ4v) is 4.78. The lowest BCUT2D eigenvalue weighted by molar-refractivity contribution is 0.00578. The van der Waals surface area contributed by atoms with E-state index in [1.54, 1.807) is 0 Å². The summed E-state index contributed by atoms with van der Waals surface area (Å²) in [5.41, 5.74) is -0.489. The van der Waals surface area contributed by atoms with Crippen LogP contribution < -0.4 is 5.19 Å². The Morgan fingerprint density at radius 1 is 1.05 bits per heavy atom. The summed E-state index contributed by atoms with van der Waals surface area (Å²) in [6, 6.07) is 10.8. The summed E-state index contributed by atoms with van der Waals surface area (Å²) < 4.78 is 12.2. The molecule has 0 unspecified atom stereocenters. The maximum atomic E-state index is 6.08. The molecule has 0 N–H and O–H groups in total. The largest absolute Gasteiger partial charge is 0.461 e. The summed E-state index contributed by atoms with van der Waals surface area (Å²) >= 11 is 0. The molecule has 2 nitrogen and oxygen atoms in total. The van der Waals surface area contributed by atoms with Crippen LogP contribution in [0.25, 0.3) is 0 Å². The van der Waals surface area contributed by atoms with Gasteiger partial charge in [-0.1, -0.05) is 59.9 Å². The lowest BCUT2D eigenvalue weighted by Gasteiger charge is -2.32. The van der Waals surface area contributed by atoms with Gasteiger partial charge in [0.15, 0.2) is 0 Å². The van der Waals surface area contributed by atoms with Crippen LogP contribution in [-0.2, 0) is 9.31 Å². The number of benzene rings is 1. The molecule has 0 radical (unpaired) electrons. The van der Waals surface area contributed by atoms with Crippen molar-refractivity contribution in [2.24, 2.45) is 0 Å². The molecule has 0 saturated carbocycles. The standard InChI is InChI=1S/C18H29BO2Si/c1-15(22(6,7)16-11-9-8-10-12-16)13-14-19-20-17(2,3)18(4,5)21-19/h8-13H,14H2,1-7H3/b15-13-. The molecule has 1 aromatic rings. The van der Waals surface area contributed by atoms with E-state index in [2.05, 4.69) is 84.1 Å². The first-order chi connectivity index (χ1) is 10.1. The fraction of sp³-hybridized carbons (Fsp3) is 0.556. The van der Waals surface area contributed by atoms with Crippen LogP contribution in [0.2, 0.25) is 19.4 Å². The maximum absolute atomic E-state index is 6.08. The topological polar surface area (TPSA) is 18.5 Å². The zero-order valence-electron chi connectivity index (χ0n) is 15.1. The van der Waals surface area contributed by atoms with Gasteiger partial charge in [-0.2, -0.15) is 0 Å². The van der Waals surface area contributed by atoms with Crippen molar-refractivity contribution in [1.29, 1.82) is 0 Å². The molecule has 4 heteroatoms. The van der Waals surface area contributed by atoms with Gasteiger partial charge >= 0.3 is 7.12 Å². The summed E-state index contributed by atoms with van der Waals surface area (Å²) in [6.07, 6.45) is 3.14. The number of allylic oxidation sites excluding steroid dienone is 2. The van der Waals surface area contributed by atoms with E-state index < -0.39 is 8.07 Å². The molecule has 22 heavy (non-hydrogen) atoms. The molecule has 0 aromatic heterocycles. The van der Waals surface area contributed by atoms with Crippen LogP contribution in [0.4, 0.5) is 0 Å². The zero-order chi connectivity index (χ0) is 16.6. The highest BCUT2D eigenvalue weighted by Gasteiger charge is 2.50. The zero-order valence-corrected chi connectivity index (χ0v) is 16.1. The Kier molecular flexibility index (Phi) is 4.77. The summed E-state index contributed by atoms with van der Waals surface area (Å²) in [5.74, 6) is 0. The van der Waals surface area contributed by atoms with Crippen molar-refractivity contribution in [1.82, 2.24) is 0 Å². The van der Waals surface area contributed by atoms with Crippen molar-refractivity contribution in [2.45, 2.75) is 65.2 Å². The highest BCUT2D eigenvalue weighted by atomic mass is 28.3. The normalized spacial score (nSPS) is 21.2. The lowest BCUT2D eigenvalue weighted by Crippen LogP contribution is -2.43. The van der Waals surface area contributed by atoms with Crippen molar-refractivity contribution in [3.05, 3.63) is 41.6 Å². The van der Waals surface area contributed by atoms with Crippen LogP contribution in [0.3, 0.4) is 0 Å². The smallest absolute Gasteiger partial charge is 0.403 e. The fourth-order valence-electron chi connectivity index (χ4n) is 2.67. The highest BCUT2D eigenvalue weighted by molar-refractivity contribution is 6.95. The van der Waals surface area contributed by atoms with Gasteiger partial charge in [0.1, 0.15) is 8.07 Å². The maximum Gasteiger partial charge on any atom is 0.461 e. The average Bonchev–Trinajstić information content (AvgIpc) is 2.65. The Balaban J connectivity index is 2.08. The first-order valence-corrected chi connectivity index (χ1v) is 11.1. The van der Waals surface area contributed by atoms with Gasteiger partial charge in [-0.15, -0.1) is 0 Å². The van der Waals surface area contributed by atoms with Crippen molar-refractivity contribution in [3.8, 4) is 0 Å². The minimum atomic E-state index is -1.58. The van der Waals surface area contributed by atoms with Crippen LogP contribution in [0.1, 0.15) is 34.6 Å². The third-order valence-electron chi connectivity index (χ3n) is 5.40. The van der Waals surface area contributed by atoms with Crippen molar-refractivity contribution in [3.63, 3.8) is 0 Å². The van der Waals surface area contributed by atoms with E-state index in [4.69, 9.17) is 9.31 Å². The summed E-state index contributed by atoms with van der Waals surface area (Å²) in [6.45, 7) is 15.5. The van der Waals surface area contributed by atoms with E-state index in [1.165, 1.54) is 10.4 Å². The molecule has 0 bridgehead atoms. The van der Waals surface area contributed by atoms with Gasteiger partial charge in [0, 0.05) is 6.32 Å². The summed E-state index contributed by atoms with van der Waals surface area (Å²) in [7, 11) is -1.71. The van der Waals surface area contributed by atoms with Gasteiger partial charge < -0.3 is 9.31 Å². The van der Waals surface area contributed by atoms with Crippen molar-refractivity contribution in [2.75, 3.05) is 0 Å². The molecule has 0 aliphatic carbocycles. The monoisotopic (exact) mass is 316 g/mol. The van der Waals surface area contributed by atoms with E-state index in [0.717, 1.165) is 6.32 Å². The van der Waals surface area contributed by atoms with Crippen LogP contribution in [0.5, 0.6) is 0 Å². The molecule has 2 rings (SSSR count). The molecule has 1 aliphatic rings. The van der Waals surface area contributed by atoms with Crippen LogP contribution in [0.15, 0.2) is 41.6 Å². The van der Waals surface area contributed by atoms with Gasteiger partial charge in [0.25, 0.3) is 0 Å². The van der Waals surface area contributed by atoms with Crippen LogP contribution in [-0.4, -0.2) is 26.4 Å². The molecular weight excluding hydrogens is 287 g/mol. The van der Waals surface area contributed by atoms with Crippen LogP contribution in [0, 0.1) is 0 Å². The number of hydrogen-bond acceptors (Lipinski definition) is 2. The Morgan fingerprint density at radius 2 is 1.55 bits per heavy atom. The molecule has 1 aliphatic heterocycles. The van der Waals surface area contributed by atoms with Gasteiger partial charge in [0.2, 0.25) is 0 Å². The van der Waals surface area contributed by atoms with Gasteiger partial charge in [-0.3, -0.25) is 0 Å². The van der Waals surface area contributed by atoms with E-state index in [0.29, 0.717) is 0 Å². The second-order valence-electron chi connectivity index (χ2n) is 7.80. The van der Waals surface area contributed by atoms with E-state index in [1.807, 2.05) is 0 Å². The quantitative estimate of drug-likeness (QED) is 0.776. The Morgan fingerprint density at radius 3 is 2.05 bits per heavy atom. The lowest BCUT2D eigenvalue weighted by atomic mass is 9.85. The molecule has 120 valence electrons. The molecule has 1 aromatic carbocycles. The minimum Gasteiger partial charge on any atom is -0.403 e. The second kappa shape index (κ2) is 5.99. The average molecular weight is 316 g/mol. The predicted octanol–water partition coefficient (Wildman–Crippen LogP) is 4.18. The van der Waals surface area contributed by atoms with Gasteiger partial charge in [-0.25, -0.2) is 0 Å². The molecular formula is C18H29BO2Si. The first kappa shape index (κ1) is 17.5. The minimum absolute atomic E-state index is 0.138. The van der Waals surface area contributed by atoms with Crippen molar-refractivity contribution >= 4 is 20.4 Å². The number of rotatable bonds is 4. The van der Waals surface area contributed by atoms with E-state index >= 15 is 0 Å². The molecule has 1 heterocycles.